The average molecular weight is 492 g/mol. The van der Waals surface area contributed by atoms with Crippen LogP contribution in [0.25, 0.3) is 16.9 Å². The molecule has 0 spiro atoms. The Hall–Kier alpha value is -3.94. The van der Waals surface area contributed by atoms with E-state index >= 15 is 0 Å². The standard InChI is InChI=1S/C25H19Cl2N5O2/c1-16-6-5-7-17(12-16)23-18(15-32(31-23)20-8-3-2-4-9-20)14-28-30-25(34)24(33)29-19-10-11-21(26)22(27)13-19/h2-15H,1H3,(H,29,33)(H,30,34). The summed E-state index contributed by atoms with van der Waals surface area (Å²) in [6, 6.07) is 22.0. The molecule has 0 bridgehead atoms. The highest BCUT2D eigenvalue weighted by Gasteiger charge is 2.15. The van der Waals surface area contributed by atoms with Gasteiger partial charge in [0.15, 0.2) is 0 Å². The Bertz CT molecular complexity index is 1380. The van der Waals surface area contributed by atoms with Crippen molar-refractivity contribution in [1.82, 2.24) is 15.2 Å². The molecule has 0 aliphatic heterocycles. The molecule has 0 radical (unpaired) electrons. The minimum Gasteiger partial charge on any atom is -0.318 e. The molecule has 0 atom stereocenters. The van der Waals surface area contributed by atoms with E-state index in [0.29, 0.717) is 22.0 Å². The molecule has 9 heteroatoms. The maximum Gasteiger partial charge on any atom is 0.329 e. The summed E-state index contributed by atoms with van der Waals surface area (Å²) in [5.74, 6) is -1.83. The number of para-hydroxylation sites is 1. The summed E-state index contributed by atoms with van der Waals surface area (Å²) in [6.45, 7) is 2.00. The van der Waals surface area contributed by atoms with Crippen LogP contribution in [-0.4, -0.2) is 27.8 Å². The monoisotopic (exact) mass is 491 g/mol. The lowest BCUT2D eigenvalue weighted by Crippen LogP contribution is -2.32. The van der Waals surface area contributed by atoms with Crippen LogP contribution in [0.4, 0.5) is 5.69 Å². The van der Waals surface area contributed by atoms with Crippen LogP contribution >= 0.6 is 23.2 Å². The molecule has 0 saturated heterocycles. The third-order valence-electron chi connectivity index (χ3n) is 4.81. The minimum absolute atomic E-state index is 0.261. The molecule has 2 N–H and O–H groups in total. The van der Waals surface area contributed by atoms with Crippen LogP contribution in [0.5, 0.6) is 0 Å². The Balaban J connectivity index is 1.53. The molecule has 0 aliphatic carbocycles. The third kappa shape index (κ3) is 5.51. The van der Waals surface area contributed by atoms with Crippen molar-refractivity contribution in [3.8, 4) is 16.9 Å². The summed E-state index contributed by atoms with van der Waals surface area (Å²) in [7, 11) is 0. The zero-order valence-electron chi connectivity index (χ0n) is 18.0. The Morgan fingerprint density at radius 2 is 1.74 bits per heavy atom. The van der Waals surface area contributed by atoms with Gasteiger partial charge in [-0.3, -0.25) is 9.59 Å². The second-order valence-corrected chi connectivity index (χ2v) is 8.18. The zero-order chi connectivity index (χ0) is 24.1. The van der Waals surface area contributed by atoms with E-state index in [0.717, 1.165) is 16.8 Å². The number of hydrogen-bond donors (Lipinski definition) is 2. The van der Waals surface area contributed by atoms with E-state index in [-0.39, 0.29) is 5.02 Å². The van der Waals surface area contributed by atoms with Crippen molar-refractivity contribution in [2.24, 2.45) is 5.10 Å². The number of hydrogen-bond acceptors (Lipinski definition) is 4. The SMILES string of the molecule is Cc1cccc(-c2nn(-c3ccccc3)cc2C=NNC(=O)C(=O)Nc2ccc(Cl)c(Cl)c2)c1. The molecular weight excluding hydrogens is 473 g/mol. The van der Waals surface area contributed by atoms with Crippen LogP contribution < -0.4 is 10.7 Å². The fourth-order valence-corrected chi connectivity index (χ4v) is 3.48. The van der Waals surface area contributed by atoms with Crippen molar-refractivity contribution in [3.05, 3.63) is 100 Å². The second kappa shape index (κ2) is 10.3. The fraction of sp³-hybridized carbons (Fsp3) is 0.0400. The van der Waals surface area contributed by atoms with Gasteiger partial charge in [0, 0.05) is 23.0 Å². The van der Waals surface area contributed by atoms with Crippen LogP contribution in [0.1, 0.15) is 11.1 Å². The summed E-state index contributed by atoms with van der Waals surface area (Å²) >= 11 is 11.8. The Morgan fingerprint density at radius 1 is 0.941 bits per heavy atom. The highest BCUT2D eigenvalue weighted by Crippen LogP contribution is 2.25. The van der Waals surface area contributed by atoms with Crippen LogP contribution in [0, 0.1) is 6.92 Å². The van der Waals surface area contributed by atoms with Gasteiger partial charge in [0.2, 0.25) is 0 Å². The number of amides is 2. The second-order valence-electron chi connectivity index (χ2n) is 7.36. The molecule has 0 unspecified atom stereocenters. The first-order valence-corrected chi connectivity index (χ1v) is 11.0. The fourth-order valence-electron chi connectivity index (χ4n) is 3.18. The predicted molar refractivity (Wildman–Crippen MR) is 135 cm³/mol. The molecule has 2 amide bonds. The molecular formula is C25H19Cl2N5O2. The number of carbonyl (C=O) groups is 2. The molecule has 170 valence electrons. The van der Waals surface area contributed by atoms with Gasteiger partial charge >= 0.3 is 11.8 Å². The molecule has 34 heavy (non-hydrogen) atoms. The van der Waals surface area contributed by atoms with Crippen LogP contribution in [0.2, 0.25) is 10.0 Å². The number of aromatic nitrogens is 2. The predicted octanol–water partition coefficient (Wildman–Crippen LogP) is 5.24. The Labute approximate surface area is 206 Å². The van der Waals surface area contributed by atoms with Crippen LogP contribution in [0.3, 0.4) is 0 Å². The van der Waals surface area contributed by atoms with Gasteiger partial charge in [0.05, 0.1) is 21.9 Å². The molecule has 1 aromatic heterocycles. The van der Waals surface area contributed by atoms with Gasteiger partial charge in [0.25, 0.3) is 0 Å². The van der Waals surface area contributed by atoms with Crippen molar-refractivity contribution in [2.75, 3.05) is 5.32 Å². The number of benzene rings is 3. The zero-order valence-corrected chi connectivity index (χ0v) is 19.5. The Kier molecular flexibility index (Phi) is 7.06. The van der Waals surface area contributed by atoms with E-state index in [1.54, 1.807) is 10.9 Å². The summed E-state index contributed by atoms with van der Waals surface area (Å²) in [5.41, 5.74) is 6.79. The first-order valence-electron chi connectivity index (χ1n) is 10.2. The lowest BCUT2D eigenvalue weighted by atomic mass is 10.1. The number of nitrogens with one attached hydrogen (secondary N) is 2. The summed E-state index contributed by atoms with van der Waals surface area (Å²) in [4.78, 5) is 24.4. The number of nitrogens with zero attached hydrogens (tertiary/aromatic N) is 3. The normalized spacial score (nSPS) is 10.9. The molecule has 0 saturated carbocycles. The minimum atomic E-state index is -0.935. The smallest absolute Gasteiger partial charge is 0.318 e. The molecule has 4 rings (SSSR count). The highest BCUT2D eigenvalue weighted by molar-refractivity contribution is 6.43. The average Bonchev–Trinajstić information content (AvgIpc) is 3.26. The van der Waals surface area contributed by atoms with Crippen molar-refractivity contribution in [2.45, 2.75) is 6.92 Å². The lowest BCUT2D eigenvalue weighted by Gasteiger charge is -2.05. The van der Waals surface area contributed by atoms with E-state index in [1.807, 2.05) is 61.5 Å². The van der Waals surface area contributed by atoms with Crippen molar-refractivity contribution >= 4 is 46.9 Å². The number of anilines is 1. The number of aryl methyl sites for hydroxylation is 1. The van der Waals surface area contributed by atoms with Gasteiger partial charge in [-0.2, -0.15) is 10.2 Å². The van der Waals surface area contributed by atoms with E-state index in [4.69, 9.17) is 28.3 Å². The summed E-state index contributed by atoms with van der Waals surface area (Å²) in [5, 5.41) is 11.7. The number of hydrazone groups is 1. The topological polar surface area (TPSA) is 88.4 Å². The molecule has 4 aromatic rings. The number of rotatable bonds is 5. The largest absolute Gasteiger partial charge is 0.329 e. The van der Waals surface area contributed by atoms with Crippen molar-refractivity contribution in [1.29, 1.82) is 0 Å². The summed E-state index contributed by atoms with van der Waals surface area (Å²) < 4.78 is 1.73. The van der Waals surface area contributed by atoms with E-state index in [9.17, 15) is 9.59 Å². The number of halogens is 2. The lowest BCUT2D eigenvalue weighted by molar-refractivity contribution is -0.136. The van der Waals surface area contributed by atoms with Crippen molar-refractivity contribution in [3.63, 3.8) is 0 Å². The van der Waals surface area contributed by atoms with E-state index in [2.05, 4.69) is 15.8 Å². The summed E-state index contributed by atoms with van der Waals surface area (Å²) in [6.07, 6.45) is 3.26. The van der Waals surface area contributed by atoms with Gasteiger partial charge < -0.3 is 5.32 Å². The quantitative estimate of drug-likeness (QED) is 0.227. The van der Waals surface area contributed by atoms with Gasteiger partial charge in [-0.25, -0.2) is 10.1 Å². The molecule has 7 nitrogen and oxygen atoms in total. The third-order valence-corrected chi connectivity index (χ3v) is 5.55. The van der Waals surface area contributed by atoms with E-state index in [1.165, 1.54) is 24.4 Å². The van der Waals surface area contributed by atoms with Crippen LogP contribution in [-0.2, 0) is 9.59 Å². The van der Waals surface area contributed by atoms with Crippen LogP contribution in [0.15, 0.2) is 84.1 Å². The van der Waals surface area contributed by atoms with E-state index < -0.39 is 11.8 Å². The Morgan fingerprint density at radius 3 is 2.47 bits per heavy atom. The van der Waals surface area contributed by atoms with Gasteiger partial charge in [-0.05, 0) is 43.3 Å². The van der Waals surface area contributed by atoms with Gasteiger partial charge in [-0.15, -0.1) is 0 Å². The molecule has 0 aliphatic rings. The van der Waals surface area contributed by atoms with Crippen molar-refractivity contribution < 1.29 is 9.59 Å². The number of carbonyl (C=O) groups excluding carboxylic acids is 2. The highest BCUT2D eigenvalue weighted by atomic mass is 35.5. The maximum atomic E-state index is 12.2. The van der Waals surface area contributed by atoms with Gasteiger partial charge in [-0.1, -0.05) is 65.2 Å². The maximum absolute atomic E-state index is 12.2. The molecule has 3 aromatic carbocycles. The molecule has 1 heterocycles. The molecule has 0 fully saturated rings. The van der Waals surface area contributed by atoms with Gasteiger partial charge in [0.1, 0.15) is 5.69 Å². The first-order chi connectivity index (χ1) is 16.4. The first kappa shape index (κ1) is 23.2.